The molecule has 28 heavy (non-hydrogen) atoms. The molecule has 0 saturated carbocycles. The van der Waals surface area contributed by atoms with Crippen molar-refractivity contribution >= 4 is 32.5 Å². The molecule has 6 heteroatoms. The van der Waals surface area contributed by atoms with Crippen LogP contribution in [0.2, 0.25) is 0 Å². The third kappa shape index (κ3) is 3.30. The minimum atomic E-state index is 0.748. The van der Waals surface area contributed by atoms with E-state index in [4.69, 9.17) is 10.7 Å². The van der Waals surface area contributed by atoms with E-state index in [0.29, 0.717) is 0 Å². The lowest BCUT2D eigenvalue weighted by Crippen LogP contribution is -2.31. The average molecular weight is 434 g/mol. The quantitative estimate of drug-likeness (QED) is 0.465. The molecule has 0 bridgehead atoms. The lowest BCUT2D eigenvalue weighted by atomic mass is 10.1. The number of nitrogens with zero attached hydrogens (tertiary/aromatic N) is 3. The number of H-pyrrole nitrogens is 1. The molecule has 2 aromatic carbocycles. The molecule has 0 fully saturated rings. The Hall–Kier alpha value is -2.70. The number of hydrogen-bond donors (Lipinski definition) is 2. The third-order valence-corrected chi connectivity index (χ3v) is 5.81. The maximum Gasteiger partial charge on any atom is 0.159 e. The van der Waals surface area contributed by atoms with E-state index >= 15 is 0 Å². The molecular weight excluding hydrogens is 414 g/mol. The first-order valence-corrected chi connectivity index (χ1v) is 10.1. The van der Waals surface area contributed by atoms with Gasteiger partial charge in [0.15, 0.2) is 5.82 Å². The summed E-state index contributed by atoms with van der Waals surface area (Å²) >= 11 is 3.58. The molecule has 140 valence electrons. The van der Waals surface area contributed by atoms with Gasteiger partial charge in [-0.25, -0.2) is 9.97 Å². The first-order valence-electron chi connectivity index (χ1n) is 9.34. The molecule has 0 radical (unpaired) electrons. The highest BCUT2D eigenvalue weighted by Crippen LogP contribution is 2.26. The SMILES string of the molecule is Nc1ccc(-c2ncc3c(n2)CN(Cc2c[nH]c4ccc(Br)cc24)CC3)cc1. The predicted octanol–water partition coefficient (Wildman–Crippen LogP) is 4.53. The van der Waals surface area contributed by atoms with Gasteiger partial charge in [0.2, 0.25) is 0 Å². The average Bonchev–Trinajstić information content (AvgIpc) is 3.10. The van der Waals surface area contributed by atoms with Crippen LogP contribution in [0.4, 0.5) is 5.69 Å². The fourth-order valence-electron chi connectivity index (χ4n) is 3.79. The Bertz CT molecular complexity index is 1150. The second-order valence-electron chi connectivity index (χ2n) is 7.25. The molecule has 0 aliphatic carbocycles. The fraction of sp³-hybridized carbons (Fsp3) is 0.182. The molecule has 2 aromatic heterocycles. The van der Waals surface area contributed by atoms with Crippen LogP contribution in [-0.2, 0) is 19.5 Å². The third-order valence-electron chi connectivity index (χ3n) is 5.32. The van der Waals surface area contributed by atoms with Gasteiger partial charge in [0.1, 0.15) is 0 Å². The highest BCUT2D eigenvalue weighted by molar-refractivity contribution is 9.10. The summed E-state index contributed by atoms with van der Waals surface area (Å²) in [5.41, 5.74) is 12.4. The van der Waals surface area contributed by atoms with Gasteiger partial charge < -0.3 is 10.7 Å². The summed E-state index contributed by atoms with van der Waals surface area (Å²) in [5, 5.41) is 1.27. The smallest absolute Gasteiger partial charge is 0.159 e. The van der Waals surface area contributed by atoms with Crippen molar-refractivity contribution in [3.05, 3.63) is 76.2 Å². The summed E-state index contributed by atoms with van der Waals surface area (Å²) in [6.45, 7) is 2.75. The number of rotatable bonds is 3. The van der Waals surface area contributed by atoms with E-state index in [0.717, 1.165) is 53.3 Å². The van der Waals surface area contributed by atoms with Gasteiger partial charge in [-0.3, -0.25) is 4.90 Å². The van der Waals surface area contributed by atoms with Gasteiger partial charge in [-0.05, 0) is 60.0 Å². The van der Waals surface area contributed by atoms with Crippen LogP contribution in [-0.4, -0.2) is 26.4 Å². The second-order valence-corrected chi connectivity index (χ2v) is 8.17. The Labute approximate surface area is 171 Å². The van der Waals surface area contributed by atoms with Crippen LogP contribution in [0.3, 0.4) is 0 Å². The Morgan fingerprint density at radius 2 is 2.00 bits per heavy atom. The molecule has 1 aliphatic heterocycles. The summed E-state index contributed by atoms with van der Waals surface area (Å²) < 4.78 is 1.10. The number of nitrogens with one attached hydrogen (secondary N) is 1. The first kappa shape index (κ1) is 17.4. The largest absolute Gasteiger partial charge is 0.399 e. The number of aromatic amines is 1. The van der Waals surface area contributed by atoms with Crippen molar-refractivity contribution in [1.82, 2.24) is 19.9 Å². The Morgan fingerprint density at radius 1 is 1.14 bits per heavy atom. The summed E-state index contributed by atoms with van der Waals surface area (Å²) in [4.78, 5) is 15.2. The highest BCUT2D eigenvalue weighted by atomic mass is 79.9. The van der Waals surface area contributed by atoms with Crippen LogP contribution >= 0.6 is 15.9 Å². The molecule has 3 N–H and O–H groups in total. The number of nitrogen functional groups attached to an aromatic ring is 1. The van der Waals surface area contributed by atoms with Crippen LogP contribution in [0.25, 0.3) is 22.3 Å². The van der Waals surface area contributed by atoms with Crippen LogP contribution < -0.4 is 5.73 Å². The van der Waals surface area contributed by atoms with Gasteiger partial charge in [-0.15, -0.1) is 0 Å². The maximum atomic E-state index is 5.79. The Kier molecular flexibility index (Phi) is 4.37. The van der Waals surface area contributed by atoms with Gasteiger partial charge in [0, 0.05) is 58.7 Å². The topological polar surface area (TPSA) is 70.8 Å². The van der Waals surface area contributed by atoms with Crippen molar-refractivity contribution in [1.29, 1.82) is 0 Å². The van der Waals surface area contributed by atoms with Gasteiger partial charge in [0.25, 0.3) is 0 Å². The van der Waals surface area contributed by atoms with E-state index in [1.54, 1.807) is 0 Å². The zero-order valence-electron chi connectivity index (χ0n) is 15.3. The van der Waals surface area contributed by atoms with Crippen molar-refractivity contribution in [2.75, 3.05) is 12.3 Å². The second kappa shape index (κ2) is 7.04. The number of hydrogen-bond acceptors (Lipinski definition) is 4. The number of benzene rings is 2. The minimum Gasteiger partial charge on any atom is -0.399 e. The number of aromatic nitrogens is 3. The minimum absolute atomic E-state index is 0.748. The molecule has 3 heterocycles. The molecule has 4 aromatic rings. The van der Waals surface area contributed by atoms with Crippen molar-refractivity contribution in [2.45, 2.75) is 19.5 Å². The lowest BCUT2D eigenvalue weighted by Gasteiger charge is -2.27. The van der Waals surface area contributed by atoms with Gasteiger partial charge in [-0.1, -0.05) is 15.9 Å². The molecule has 0 unspecified atom stereocenters. The first-order chi connectivity index (χ1) is 13.7. The maximum absolute atomic E-state index is 5.79. The summed E-state index contributed by atoms with van der Waals surface area (Å²) in [6.07, 6.45) is 5.07. The lowest BCUT2D eigenvalue weighted by molar-refractivity contribution is 0.242. The Balaban J connectivity index is 1.40. The van der Waals surface area contributed by atoms with Gasteiger partial charge >= 0.3 is 0 Å². The van der Waals surface area contributed by atoms with Crippen LogP contribution in [0, 0.1) is 0 Å². The zero-order chi connectivity index (χ0) is 19.1. The normalized spacial score (nSPS) is 14.3. The van der Waals surface area contributed by atoms with Crippen LogP contribution in [0.1, 0.15) is 16.8 Å². The highest BCUT2D eigenvalue weighted by Gasteiger charge is 2.20. The number of halogens is 1. The summed E-state index contributed by atoms with van der Waals surface area (Å²) in [6, 6.07) is 14.1. The van der Waals surface area contributed by atoms with E-state index in [1.807, 2.05) is 30.5 Å². The van der Waals surface area contributed by atoms with Crippen LogP contribution in [0.15, 0.2) is 59.3 Å². The molecule has 1 aliphatic rings. The zero-order valence-corrected chi connectivity index (χ0v) is 16.9. The molecule has 5 rings (SSSR count). The van der Waals surface area contributed by atoms with Crippen molar-refractivity contribution < 1.29 is 0 Å². The Morgan fingerprint density at radius 3 is 2.86 bits per heavy atom. The van der Waals surface area contributed by atoms with Gasteiger partial charge in [0.05, 0.1) is 5.69 Å². The fourth-order valence-corrected chi connectivity index (χ4v) is 4.15. The van der Waals surface area contributed by atoms with Crippen molar-refractivity contribution in [3.63, 3.8) is 0 Å². The number of anilines is 1. The van der Waals surface area contributed by atoms with E-state index in [-0.39, 0.29) is 0 Å². The van der Waals surface area contributed by atoms with E-state index in [2.05, 4.69) is 55.2 Å². The summed E-state index contributed by atoms with van der Waals surface area (Å²) in [5.74, 6) is 0.761. The van der Waals surface area contributed by atoms with Crippen molar-refractivity contribution in [3.8, 4) is 11.4 Å². The van der Waals surface area contributed by atoms with Crippen LogP contribution in [0.5, 0.6) is 0 Å². The molecule has 5 nitrogen and oxygen atoms in total. The molecule has 0 atom stereocenters. The van der Waals surface area contributed by atoms with E-state index in [9.17, 15) is 0 Å². The van der Waals surface area contributed by atoms with E-state index < -0.39 is 0 Å². The molecule has 0 saturated heterocycles. The molecular formula is C22H20BrN5. The molecule has 0 spiro atoms. The monoisotopic (exact) mass is 433 g/mol. The molecule has 0 amide bonds. The van der Waals surface area contributed by atoms with Crippen molar-refractivity contribution in [2.24, 2.45) is 0 Å². The number of nitrogens with two attached hydrogens (primary N) is 1. The summed E-state index contributed by atoms with van der Waals surface area (Å²) in [7, 11) is 0. The van der Waals surface area contributed by atoms with Gasteiger partial charge in [-0.2, -0.15) is 0 Å². The number of fused-ring (bicyclic) bond motifs is 2. The predicted molar refractivity (Wildman–Crippen MR) is 116 cm³/mol. The van der Waals surface area contributed by atoms with E-state index in [1.165, 1.54) is 22.0 Å². The standard InChI is InChI=1S/C22H20BrN5/c23-17-3-6-20-19(9-17)16(11-25-20)12-28-8-7-15-10-26-22(27-21(15)13-28)14-1-4-18(24)5-2-14/h1-6,9-11,25H,7-8,12-13,24H2.